The standard InChI is InChI=1S/C15H13BrClN5O/c16-12-7-18-22(9-12)10-15(23)19-14-4-5-21(20-14)8-11-2-1-3-13(17)6-11/h1-7,9H,8,10H2,(H,19,20,23). The summed E-state index contributed by atoms with van der Waals surface area (Å²) in [6, 6.07) is 9.33. The van der Waals surface area contributed by atoms with Crippen LogP contribution in [0.2, 0.25) is 5.02 Å². The van der Waals surface area contributed by atoms with Crippen LogP contribution in [0.15, 0.2) is 53.4 Å². The molecule has 3 rings (SSSR count). The highest BCUT2D eigenvalue weighted by Crippen LogP contribution is 2.12. The number of rotatable bonds is 5. The molecule has 8 heteroatoms. The van der Waals surface area contributed by atoms with Gasteiger partial charge in [-0.05, 0) is 33.6 Å². The molecule has 0 bridgehead atoms. The second-order valence-electron chi connectivity index (χ2n) is 4.93. The highest BCUT2D eigenvalue weighted by Gasteiger charge is 2.07. The summed E-state index contributed by atoms with van der Waals surface area (Å²) in [7, 11) is 0. The Balaban J connectivity index is 1.59. The molecule has 2 aromatic heterocycles. The average Bonchev–Trinajstić information content (AvgIpc) is 3.08. The van der Waals surface area contributed by atoms with E-state index in [1.807, 2.05) is 24.3 Å². The average molecular weight is 395 g/mol. The van der Waals surface area contributed by atoms with Crippen molar-refractivity contribution in [1.82, 2.24) is 19.6 Å². The maximum absolute atomic E-state index is 11.9. The molecule has 0 spiro atoms. The number of carbonyl (C=O) groups is 1. The third kappa shape index (κ3) is 4.43. The second kappa shape index (κ2) is 6.97. The van der Waals surface area contributed by atoms with E-state index in [2.05, 4.69) is 31.4 Å². The predicted octanol–water partition coefficient (Wildman–Crippen LogP) is 3.18. The lowest BCUT2D eigenvalue weighted by Crippen LogP contribution is -2.19. The Bertz CT molecular complexity index is 829. The Labute approximate surface area is 146 Å². The lowest BCUT2D eigenvalue weighted by molar-refractivity contribution is -0.116. The first-order valence-corrected chi connectivity index (χ1v) is 8.01. The van der Waals surface area contributed by atoms with E-state index in [9.17, 15) is 4.79 Å². The van der Waals surface area contributed by atoms with Gasteiger partial charge in [0.25, 0.3) is 0 Å². The Morgan fingerprint density at radius 1 is 1.30 bits per heavy atom. The molecule has 0 radical (unpaired) electrons. The quantitative estimate of drug-likeness (QED) is 0.723. The number of nitrogens with one attached hydrogen (secondary N) is 1. The van der Waals surface area contributed by atoms with Crippen LogP contribution < -0.4 is 5.32 Å². The van der Waals surface area contributed by atoms with E-state index < -0.39 is 0 Å². The van der Waals surface area contributed by atoms with Crippen LogP contribution in [0.25, 0.3) is 0 Å². The lowest BCUT2D eigenvalue weighted by Gasteiger charge is -2.04. The minimum Gasteiger partial charge on any atom is -0.308 e. The van der Waals surface area contributed by atoms with Crippen LogP contribution in [0.4, 0.5) is 5.82 Å². The molecule has 0 aliphatic carbocycles. The van der Waals surface area contributed by atoms with Crippen molar-refractivity contribution in [2.45, 2.75) is 13.1 Å². The van der Waals surface area contributed by atoms with Crippen molar-refractivity contribution in [3.63, 3.8) is 0 Å². The zero-order valence-electron chi connectivity index (χ0n) is 12.0. The molecule has 1 N–H and O–H groups in total. The number of benzene rings is 1. The molecular formula is C15H13BrClN5O. The zero-order chi connectivity index (χ0) is 16.2. The fourth-order valence-corrected chi connectivity index (χ4v) is 2.63. The largest absolute Gasteiger partial charge is 0.308 e. The van der Waals surface area contributed by atoms with Crippen LogP contribution in [-0.4, -0.2) is 25.5 Å². The van der Waals surface area contributed by atoms with Crippen molar-refractivity contribution < 1.29 is 4.79 Å². The van der Waals surface area contributed by atoms with Gasteiger partial charge < -0.3 is 5.32 Å². The SMILES string of the molecule is O=C(Cn1cc(Br)cn1)Nc1ccn(Cc2cccc(Cl)c2)n1. The lowest BCUT2D eigenvalue weighted by atomic mass is 10.2. The topological polar surface area (TPSA) is 64.7 Å². The van der Waals surface area contributed by atoms with Gasteiger partial charge in [0.2, 0.25) is 5.91 Å². The van der Waals surface area contributed by atoms with Crippen LogP contribution >= 0.6 is 27.5 Å². The third-order valence-electron chi connectivity index (χ3n) is 3.05. The number of hydrogen-bond donors (Lipinski definition) is 1. The summed E-state index contributed by atoms with van der Waals surface area (Å²) < 4.78 is 4.12. The van der Waals surface area contributed by atoms with Gasteiger partial charge >= 0.3 is 0 Å². The summed E-state index contributed by atoms with van der Waals surface area (Å²) in [5.41, 5.74) is 1.04. The molecule has 0 aliphatic rings. The van der Waals surface area contributed by atoms with Gasteiger partial charge in [0, 0.05) is 23.5 Å². The molecular weight excluding hydrogens is 382 g/mol. The number of halogens is 2. The minimum absolute atomic E-state index is 0.132. The van der Waals surface area contributed by atoms with Gasteiger partial charge in [0.1, 0.15) is 6.54 Å². The number of nitrogens with zero attached hydrogens (tertiary/aromatic N) is 4. The normalized spacial score (nSPS) is 10.7. The Morgan fingerprint density at radius 3 is 2.91 bits per heavy atom. The monoisotopic (exact) mass is 393 g/mol. The summed E-state index contributed by atoms with van der Waals surface area (Å²) in [6.45, 7) is 0.718. The predicted molar refractivity (Wildman–Crippen MR) is 91.3 cm³/mol. The third-order valence-corrected chi connectivity index (χ3v) is 3.69. The summed E-state index contributed by atoms with van der Waals surface area (Å²) in [4.78, 5) is 11.9. The van der Waals surface area contributed by atoms with Crippen molar-refractivity contribution in [3.05, 3.63) is 64.0 Å². The molecule has 0 unspecified atom stereocenters. The van der Waals surface area contributed by atoms with E-state index in [4.69, 9.17) is 11.6 Å². The molecule has 0 aliphatic heterocycles. The fourth-order valence-electron chi connectivity index (χ4n) is 2.09. The van der Waals surface area contributed by atoms with Crippen molar-refractivity contribution in [3.8, 4) is 0 Å². The number of anilines is 1. The van der Waals surface area contributed by atoms with Crippen LogP contribution in [0.5, 0.6) is 0 Å². The molecule has 0 fully saturated rings. The van der Waals surface area contributed by atoms with Crippen LogP contribution in [-0.2, 0) is 17.9 Å². The van der Waals surface area contributed by atoms with Crippen molar-refractivity contribution >= 4 is 39.3 Å². The van der Waals surface area contributed by atoms with Crippen LogP contribution in [0.3, 0.4) is 0 Å². The van der Waals surface area contributed by atoms with Crippen LogP contribution in [0.1, 0.15) is 5.56 Å². The first-order chi connectivity index (χ1) is 11.1. The molecule has 2 heterocycles. The molecule has 23 heavy (non-hydrogen) atoms. The maximum Gasteiger partial charge on any atom is 0.247 e. The van der Waals surface area contributed by atoms with E-state index in [0.29, 0.717) is 17.4 Å². The Hall–Kier alpha value is -2.12. The summed E-state index contributed by atoms with van der Waals surface area (Å²) in [5.74, 6) is 0.317. The smallest absolute Gasteiger partial charge is 0.247 e. The van der Waals surface area contributed by atoms with Gasteiger partial charge in [0.05, 0.1) is 17.2 Å². The van der Waals surface area contributed by atoms with E-state index in [1.54, 1.807) is 34.0 Å². The molecule has 6 nitrogen and oxygen atoms in total. The number of carbonyl (C=O) groups excluding carboxylic acids is 1. The Kier molecular flexibility index (Phi) is 4.78. The van der Waals surface area contributed by atoms with Crippen molar-refractivity contribution in [2.75, 3.05) is 5.32 Å². The zero-order valence-corrected chi connectivity index (χ0v) is 14.3. The van der Waals surface area contributed by atoms with E-state index >= 15 is 0 Å². The molecule has 0 saturated carbocycles. The first-order valence-electron chi connectivity index (χ1n) is 6.84. The summed E-state index contributed by atoms with van der Waals surface area (Å²) >= 11 is 9.25. The van der Waals surface area contributed by atoms with Gasteiger partial charge in [-0.1, -0.05) is 23.7 Å². The molecule has 118 valence electrons. The second-order valence-corrected chi connectivity index (χ2v) is 6.28. The maximum atomic E-state index is 11.9. The number of aromatic nitrogens is 4. The van der Waals surface area contributed by atoms with Crippen molar-refractivity contribution in [2.24, 2.45) is 0 Å². The van der Waals surface area contributed by atoms with Gasteiger partial charge in [-0.2, -0.15) is 10.2 Å². The van der Waals surface area contributed by atoms with Gasteiger partial charge in [-0.3, -0.25) is 14.2 Å². The summed E-state index contributed by atoms with van der Waals surface area (Å²) in [6.07, 6.45) is 5.17. The highest BCUT2D eigenvalue weighted by molar-refractivity contribution is 9.10. The molecule has 0 atom stereocenters. The minimum atomic E-state index is -0.186. The van der Waals surface area contributed by atoms with E-state index in [0.717, 1.165) is 10.0 Å². The van der Waals surface area contributed by atoms with Gasteiger partial charge in [-0.15, -0.1) is 0 Å². The van der Waals surface area contributed by atoms with Gasteiger partial charge in [-0.25, -0.2) is 0 Å². The highest BCUT2D eigenvalue weighted by atomic mass is 79.9. The van der Waals surface area contributed by atoms with Crippen molar-refractivity contribution in [1.29, 1.82) is 0 Å². The van der Waals surface area contributed by atoms with Crippen LogP contribution in [0, 0.1) is 0 Å². The Morgan fingerprint density at radius 2 is 2.17 bits per heavy atom. The molecule has 1 amide bonds. The molecule has 3 aromatic rings. The fraction of sp³-hybridized carbons (Fsp3) is 0.133. The van der Waals surface area contributed by atoms with Gasteiger partial charge in [0.15, 0.2) is 5.82 Å². The van der Waals surface area contributed by atoms with E-state index in [1.165, 1.54) is 0 Å². The molecule has 1 aromatic carbocycles. The van der Waals surface area contributed by atoms with E-state index in [-0.39, 0.29) is 12.5 Å². The molecule has 0 saturated heterocycles. The number of hydrogen-bond acceptors (Lipinski definition) is 3. The first kappa shape index (κ1) is 15.8. The summed E-state index contributed by atoms with van der Waals surface area (Å²) in [5, 5.41) is 11.8. The number of amides is 1.